The first kappa shape index (κ1) is 20.4. The zero-order chi connectivity index (χ0) is 22.5. The van der Waals surface area contributed by atoms with Crippen LogP contribution < -0.4 is 9.80 Å². The van der Waals surface area contributed by atoms with Gasteiger partial charge in [-0.25, -0.2) is 29.7 Å². The van der Waals surface area contributed by atoms with Gasteiger partial charge in [0.05, 0.1) is 0 Å². The van der Waals surface area contributed by atoms with E-state index >= 15 is 0 Å². The van der Waals surface area contributed by atoms with Crippen molar-refractivity contribution in [3.63, 3.8) is 0 Å². The van der Waals surface area contributed by atoms with Crippen LogP contribution in [0.3, 0.4) is 0 Å². The highest BCUT2D eigenvalue weighted by atomic mass is 35.5. The number of pyridine rings is 4. The van der Waals surface area contributed by atoms with Crippen molar-refractivity contribution in [1.82, 2.24) is 34.9 Å². The zero-order valence-electron chi connectivity index (χ0n) is 17.1. The number of hydrogen-bond acceptors (Lipinski definition) is 9. The van der Waals surface area contributed by atoms with Crippen molar-refractivity contribution in [1.29, 1.82) is 0 Å². The fraction of sp³-hybridized carbons (Fsp3) is 0. The van der Waals surface area contributed by atoms with Crippen molar-refractivity contribution < 1.29 is 0 Å². The van der Waals surface area contributed by atoms with Crippen LogP contribution in [0.1, 0.15) is 0 Å². The Labute approximate surface area is 194 Å². The Hall–Kier alpha value is -4.50. The average Bonchev–Trinajstić information content (AvgIpc) is 2.87. The van der Waals surface area contributed by atoms with Crippen molar-refractivity contribution in [2.45, 2.75) is 0 Å². The Balaban J connectivity index is 1.69. The molecule has 0 saturated heterocycles. The summed E-state index contributed by atoms with van der Waals surface area (Å²) in [5.41, 5.74) is 0. The van der Waals surface area contributed by atoms with Crippen LogP contribution in [-0.2, 0) is 0 Å². The van der Waals surface area contributed by atoms with E-state index in [1.54, 1.807) is 34.6 Å². The number of rotatable bonds is 6. The van der Waals surface area contributed by atoms with Gasteiger partial charge in [0.25, 0.3) is 0 Å². The van der Waals surface area contributed by atoms with Gasteiger partial charge in [-0.05, 0) is 60.1 Å². The molecule has 0 aliphatic carbocycles. The van der Waals surface area contributed by atoms with Crippen LogP contribution >= 0.6 is 11.6 Å². The van der Waals surface area contributed by atoms with Gasteiger partial charge < -0.3 is 0 Å². The molecule has 9 nitrogen and oxygen atoms in total. The highest BCUT2D eigenvalue weighted by Gasteiger charge is 2.23. The number of hydrogen-bond donors (Lipinski definition) is 0. The Morgan fingerprint density at radius 3 is 1.06 bits per heavy atom. The third kappa shape index (κ3) is 4.43. The molecule has 0 spiro atoms. The Bertz CT molecular complexity index is 1140. The standard InChI is InChI=1S/C23H16ClN9/c24-21-29-22(32(17-9-1-5-13-25-17)18-10-2-6-14-26-18)31-23(30-21)33(19-11-3-7-15-27-19)20-12-4-8-16-28-20/h1-16H. The lowest BCUT2D eigenvalue weighted by atomic mass is 10.4. The lowest BCUT2D eigenvalue weighted by Gasteiger charge is -2.24. The second-order valence-electron chi connectivity index (χ2n) is 6.63. The van der Waals surface area contributed by atoms with Crippen LogP contribution in [0.5, 0.6) is 0 Å². The quantitative estimate of drug-likeness (QED) is 0.350. The van der Waals surface area contributed by atoms with Crippen LogP contribution in [0.4, 0.5) is 35.2 Å². The van der Waals surface area contributed by atoms with Gasteiger partial charge in [0.1, 0.15) is 23.3 Å². The third-order valence-electron chi connectivity index (χ3n) is 4.50. The summed E-state index contributed by atoms with van der Waals surface area (Å²) in [6.07, 6.45) is 6.73. The summed E-state index contributed by atoms with van der Waals surface area (Å²) in [6, 6.07) is 22.1. The fourth-order valence-electron chi connectivity index (χ4n) is 3.12. The summed E-state index contributed by atoms with van der Waals surface area (Å²) in [7, 11) is 0. The molecule has 0 amide bonds. The first-order valence-electron chi connectivity index (χ1n) is 9.95. The molecule has 160 valence electrons. The smallest absolute Gasteiger partial charge is 0.243 e. The van der Waals surface area contributed by atoms with Crippen molar-refractivity contribution >= 4 is 46.8 Å². The van der Waals surface area contributed by atoms with Gasteiger partial charge in [0, 0.05) is 24.8 Å². The second kappa shape index (κ2) is 9.33. The van der Waals surface area contributed by atoms with E-state index in [2.05, 4.69) is 29.9 Å². The number of halogens is 1. The zero-order valence-corrected chi connectivity index (χ0v) is 17.9. The molecule has 0 unspecified atom stereocenters. The molecular weight excluding hydrogens is 438 g/mol. The van der Waals surface area contributed by atoms with Crippen LogP contribution in [-0.4, -0.2) is 34.9 Å². The maximum Gasteiger partial charge on any atom is 0.243 e. The van der Waals surface area contributed by atoms with Gasteiger partial charge in [0.2, 0.25) is 17.2 Å². The molecule has 10 heteroatoms. The lowest BCUT2D eigenvalue weighted by Crippen LogP contribution is -2.20. The molecule has 5 aromatic heterocycles. The van der Waals surface area contributed by atoms with E-state index in [9.17, 15) is 0 Å². The molecule has 0 atom stereocenters. The number of anilines is 6. The van der Waals surface area contributed by atoms with Crippen LogP contribution in [0.15, 0.2) is 97.6 Å². The molecule has 33 heavy (non-hydrogen) atoms. The van der Waals surface area contributed by atoms with E-state index < -0.39 is 0 Å². The van der Waals surface area contributed by atoms with Crippen molar-refractivity contribution in [3.8, 4) is 0 Å². The molecule has 5 rings (SSSR count). The third-order valence-corrected chi connectivity index (χ3v) is 4.67. The summed E-state index contributed by atoms with van der Waals surface area (Å²) in [5, 5.41) is 0.00345. The summed E-state index contributed by atoms with van der Waals surface area (Å²) in [5.74, 6) is 2.80. The summed E-state index contributed by atoms with van der Waals surface area (Å²) >= 11 is 6.39. The van der Waals surface area contributed by atoms with Gasteiger partial charge >= 0.3 is 0 Å². The lowest BCUT2D eigenvalue weighted by molar-refractivity contribution is 0.949. The fourth-order valence-corrected chi connectivity index (χ4v) is 3.27. The van der Waals surface area contributed by atoms with E-state index in [4.69, 9.17) is 16.6 Å². The van der Waals surface area contributed by atoms with E-state index in [0.29, 0.717) is 23.3 Å². The SMILES string of the molecule is Clc1nc(N(c2ccccn2)c2ccccn2)nc(N(c2ccccn2)c2ccccn2)n1. The second-order valence-corrected chi connectivity index (χ2v) is 6.97. The van der Waals surface area contributed by atoms with E-state index in [1.807, 2.05) is 72.8 Å². The highest BCUT2D eigenvalue weighted by molar-refractivity contribution is 6.28. The summed E-state index contributed by atoms with van der Waals surface area (Å²) in [6.45, 7) is 0. The van der Waals surface area contributed by atoms with Gasteiger partial charge in [-0.15, -0.1) is 0 Å². The minimum Gasteiger partial charge on any atom is -0.246 e. The molecule has 0 fully saturated rings. The molecule has 5 aromatic rings. The van der Waals surface area contributed by atoms with Crippen molar-refractivity contribution in [2.75, 3.05) is 9.80 Å². The number of nitrogens with zero attached hydrogens (tertiary/aromatic N) is 9. The summed E-state index contributed by atoms with van der Waals surface area (Å²) < 4.78 is 0. The van der Waals surface area contributed by atoms with Gasteiger partial charge in [-0.1, -0.05) is 24.3 Å². The monoisotopic (exact) mass is 453 g/mol. The molecule has 0 N–H and O–H groups in total. The largest absolute Gasteiger partial charge is 0.246 e. The Kier molecular flexibility index (Phi) is 5.77. The van der Waals surface area contributed by atoms with Gasteiger partial charge in [-0.2, -0.15) is 15.0 Å². The minimum atomic E-state index is 0.00345. The average molecular weight is 454 g/mol. The molecule has 0 aliphatic heterocycles. The van der Waals surface area contributed by atoms with E-state index in [1.165, 1.54) is 0 Å². The first-order valence-corrected chi connectivity index (χ1v) is 10.3. The molecule has 0 aliphatic rings. The molecular formula is C23H16ClN9. The maximum absolute atomic E-state index is 6.39. The maximum atomic E-state index is 6.39. The molecule has 0 radical (unpaired) electrons. The van der Waals surface area contributed by atoms with Gasteiger partial charge in [0.15, 0.2) is 0 Å². The molecule has 0 saturated carbocycles. The Morgan fingerprint density at radius 2 is 0.788 bits per heavy atom. The Morgan fingerprint density at radius 1 is 0.455 bits per heavy atom. The minimum absolute atomic E-state index is 0.00345. The first-order chi connectivity index (χ1) is 16.3. The molecule has 0 bridgehead atoms. The topological polar surface area (TPSA) is 96.7 Å². The molecule has 0 aromatic carbocycles. The van der Waals surface area contributed by atoms with Crippen molar-refractivity contribution in [2.24, 2.45) is 0 Å². The van der Waals surface area contributed by atoms with E-state index in [0.717, 1.165) is 0 Å². The van der Waals surface area contributed by atoms with Crippen LogP contribution in [0.2, 0.25) is 5.28 Å². The predicted octanol–water partition coefficient (Wildman–Crippen LogP) is 5.04. The van der Waals surface area contributed by atoms with Gasteiger partial charge in [-0.3, -0.25) is 0 Å². The summed E-state index contributed by atoms with van der Waals surface area (Å²) in [4.78, 5) is 34.7. The van der Waals surface area contributed by atoms with E-state index in [-0.39, 0.29) is 17.2 Å². The van der Waals surface area contributed by atoms with Crippen molar-refractivity contribution in [3.05, 3.63) is 103 Å². The highest BCUT2D eigenvalue weighted by Crippen LogP contribution is 2.33. The number of aromatic nitrogens is 7. The normalized spacial score (nSPS) is 10.6. The molecule has 5 heterocycles. The van der Waals surface area contributed by atoms with Crippen LogP contribution in [0.25, 0.3) is 0 Å². The van der Waals surface area contributed by atoms with Crippen LogP contribution in [0, 0.1) is 0 Å². The predicted molar refractivity (Wildman–Crippen MR) is 125 cm³/mol.